The quantitative estimate of drug-likeness (QED) is 0.147. The molecule has 0 saturated heterocycles. The fraction of sp³-hybridized carbons (Fsp3) is 0.0435. The Labute approximate surface area is 193 Å². The molecule has 0 spiro atoms. The number of hydrogen-bond donors (Lipinski definition) is 2. The van der Waals surface area contributed by atoms with Gasteiger partial charge in [0.2, 0.25) is 0 Å². The van der Waals surface area contributed by atoms with Crippen LogP contribution in [0.5, 0.6) is 0 Å². The Morgan fingerprint density at radius 3 is 2.23 bits per heavy atom. The second kappa shape index (κ2) is 10.8. The molecular formula is C23H18O3S4. The number of carbonyl (C=O) groups is 1. The fourth-order valence-corrected chi connectivity index (χ4v) is 4.61. The van der Waals surface area contributed by atoms with E-state index >= 15 is 0 Å². The number of benzene rings is 2. The smallest absolute Gasteiger partial charge is 0.344 e. The van der Waals surface area contributed by atoms with E-state index in [2.05, 4.69) is 31.2 Å². The predicted molar refractivity (Wildman–Crippen MR) is 133 cm³/mol. The third-order valence-corrected chi connectivity index (χ3v) is 6.48. The molecule has 152 valence electrons. The second-order valence-electron chi connectivity index (χ2n) is 6.26. The molecule has 4 rings (SSSR count). The van der Waals surface area contributed by atoms with E-state index in [4.69, 9.17) is 4.42 Å². The maximum absolute atomic E-state index is 12.2. The Bertz CT molecular complexity index is 1130. The van der Waals surface area contributed by atoms with Gasteiger partial charge in [-0.05, 0) is 42.8 Å². The number of carbonyl (C=O) groups excluding carboxylic acids is 1. The molecule has 0 amide bonds. The van der Waals surface area contributed by atoms with Crippen molar-refractivity contribution in [2.75, 3.05) is 0 Å². The van der Waals surface area contributed by atoms with E-state index in [1.54, 1.807) is 6.07 Å². The van der Waals surface area contributed by atoms with Gasteiger partial charge in [0.15, 0.2) is 5.62 Å². The first-order valence-corrected chi connectivity index (χ1v) is 12.1. The molecule has 2 aliphatic rings. The van der Waals surface area contributed by atoms with Gasteiger partial charge in [-0.2, -0.15) is 0 Å². The third-order valence-electron chi connectivity index (χ3n) is 4.22. The number of thiol groups is 2. The van der Waals surface area contributed by atoms with Gasteiger partial charge in [-0.25, -0.2) is 4.79 Å². The fourth-order valence-electron chi connectivity index (χ4n) is 2.79. The summed E-state index contributed by atoms with van der Waals surface area (Å²) in [6.45, 7) is 2.06. The van der Waals surface area contributed by atoms with Gasteiger partial charge >= 0.3 is 5.63 Å². The monoisotopic (exact) mass is 470 g/mol. The third kappa shape index (κ3) is 5.55. The van der Waals surface area contributed by atoms with Crippen molar-refractivity contribution in [3.05, 3.63) is 88.8 Å². The molecule has 3 nitrogen and oxygen atoms in total. The van der Waals surface area contributed by atoms with Crippen LogP contribution in [0.1, 0.15) is 5.56 Å². The molecule has 1 aliphatic heterocycles. The Kier molecular flexibility index (Phi) is 8.16. The molecular weight excluding hydrogens is 453 g/mol. The molecule has 0 bridgehead atoms. The maximum Gasteiger partial charge on any atom is 0.344 e. The lowest BCUT2D eigenvalue weighted by Gasteiger charge is -1.97. The van der Waals surface area contributed by atoms with Gasteiger partial charge < -0.3 is 4.42 Å². The minimum Gasteiger partial charge on any atom is -0.422 e. The summed E-state index contributed by atoms with van der Waals surface area (Å²) in [6.07, 6.45) is 0. The van der Waals surface area contributed by atoms with Crippen LogP contribution in [0.2, 0.25) is 0 Å². The minimum atomic E-state index is -0.380. The standard InChI is InChI=1S/C16H10O3S3.C7H8S/c17-9-21-14-8-12-11(6-7-13(14)22-20)15(16(18)19-12)10-4-2-1-3-5-10;1-6-2-4-7(8)5-3-6/h1-9,20H;2-5,8H,1H3. The first-order valence-electron chi connectivity index (χ1n) is 8.87. The lowest BCUT2D eigenvalue weighted by Crippen LogP contribution is -1.95. The Morgan fingerprint density at radius 1 is 0.933 bits per heavy atom. The van der Waals surface area contributed by atoms with Crippen molar-refractivity contribution in [1.29, 1.82) is 0 Å². The van der Waals surface area contributed by atoms with E-state index in [0.717, 1.165) is 38.3 Å². The zero-order chi connectivity index (χ0) is 21.5. The highest BCUT2D eigenvalue weighted by Crippen LogP contribution is 2.38. The van der Waals surface area contributed by atoms with E-state index in [9.17, 15) is 9.59 Å². The summed E-state index contributed by atoms with van der Waals surface area (Å²) < 4.78 is 5.38. The van der Waals surface area contributed by atoms with Crippen LogP contribution in [0.4, 0.5) is 0 Å². The summed E-state index contributed by atoms with van der Waals surface area (Å²) in [5, 5.41) is 0. The maximum atomic E-state index is 12.2. The largest absolute Gasteiger partial charge is 0.422 e. The van der Waals surface area contributed by atoms with Gasteiger partial charge in [-0.15, -0.1) is 24.3 Å². The molecule has 0 aromatic heterocycles. The van der Waals surface area contributed by atoms with Crippen LogP contribution in [0.3, 0.4) is 0 Å². The highest BCUT2D eigenvalue weighted by molar-refractivity contribution is 8.68. The first kappa shape index (κ1) is 22.6. The number of rotatable bonds is 4. The molecule has 0 atom stereocenters. The number of hydrogen-bond acceptors (Lipinski definition) is 7. The van der Waals surface area contributed by atoms with Gasteiger partial charge in [-0.1, -0.05) is 70.6 Å². The van der Waals surface area contributed by atoms with Crippen LogP contribution in [-0.4, -0.2) is 5.62 Å². The van der Waals surface area contributed by atoms with Crippen molar-refractivity contribution in [2.24, 2.45) is 0 Å². The second-order valence-corrected chi connectivity index (χ2v) is 8.81. The molecule has 0 radical (unpaired) electrons. The minimum absolute atomic E-state index is 0.380. The highest BCUT2D eigenvalue weighted by atomic mass is 33.1. The number of aryl methyl sites for hydroxylation is 1. The van der Waals surface area contributed by atoms with Crippen molar-refractivity contribution in [3.8, 4) is 22.5 Å². The van der Waals surface area contributed by atoms with E-state index in [0.29, 0.717) is 16.2 Å². The van der Waals surface area contributed by atoms with Crippen LogP contribution in [0.25, 0.3) is 22.5 Å². The number of furan rings is 1. The predicted octanol–water partition coefficient (Wildman–Crippen LogP) is 6.91. The van der Waals surface area contributed by atoms with Gasteiger partial charge in [0.05, 0.1) is 5.56 Å². The van der Waals surface area contributed by atoms with Crippen molar-refractivity contribution < 1.29 is 9.21 Å². The van der Waals surface area contributed by atoms with E-state index in [-0.39, 0.29) is 5.63 Å². The molecule has 7 heteroatoms. The van der Waals surface area contributed by atoms with Crippen LogP contribution in [0, 0.1) is 6.92 Å². The number of fused-ring (bicyclic) bond motifs is 1. The summed E-state index contributed by atoms with van der Waals surface area (Å²) >= 11 is 9.37. The average molecular weight is 471 g/mol. The van der Waals surface area contributed by atoms with E-state index in [1.165, 1.54) is 16.4 Å². The van der Waals surface area contributed by atoms with Crippen LogP contribution >= 0.6 is 46.8 Å². The summed E-state index contributed by atoms with van der Waals surface area (Å²) in [6, 6.07) is 22.8. The molecule has 2 aromatic rings. The topological polar surface area (TPSA) is 47.3 Å². The van der Waals surface area contributed by atoms with E-state index < -0.39 is 0 Å². The van der Waals surface area contributed by atoms with Gasteiger partial charge in [0.25, 0.3) is 0 Å². The summed E-state index contributed by atoms with van der Waals surface area (Å²) in [7, 11) is 1.24. The molecule has 2 aromatic carbocycles. The van der Waals surface area contributed by atoms with E-state index in [1.807, 2.05) is 66.7 Å². The van der Waals surface area contributed by atoms with Crippen LogP contribution in [-0.2, 0) is 4.79 Å². The summed E-state index contributed by atoms with van der Waals surface area (Å²) in [5.41, 5.74) is 3.70. The van der Waals surface area contributed by atoms with Gasteiger partial charge in [0, 0.05) is 20.2 Å². The van der Waals surface area contributed by atoms with Crippen molar-refractivity contribution >= 4 is 52.5 Å². The Hall–Kier alpha value is -2.06. The number of thioether (sulfide) groups is 1. The SMILES string of the molecule is Cc1ccc(S)cc1.O=CSc1cc2oc(=O)c(-c3ccccc3)c-2ccc1SS. The average Bonchev–Trinajstić information content (AvgIpc) is 2.96. The Balaban J connectivity index is 0.000000269. The normalized spacial score (nSPS) is 10.4. The van der Waals surface area contributed by atoms with Crippen molar-refractivity contribution in [3.63, 3.8) is 0 Å². The molecule has 30 heavy (non-hydrogen) atoms. The lowest BCUT2D eigenvalue weighted by molar-refractivity contribution is 0.545. The first-order chi connectivity index (χ1) is 14.5. The van der Waals surface area contributed by atoms with Crippen LogP contribution in [0.15, 0.2) is 96.7 Å². The zero-order valence-corrected chi connectivity index (χ0v) is 19.4. The highest BCUT2D eigenvalue weighted by Gasteiger charge is 2.19. The zero-order valence-electron chi connectivity index (χ0n) is 15.9. The molecule has 0 unspecified atom stereocenters. The molecule has 1 aliphatic carbocycles. The van der Waals surface area contributed by atoms with Crippen molar-refractivity contribution in [2.45, 2.75) is 21.6 Å². The molecule has 0 saturated carbocycles. The summed E-state index contributed by atoms with van der Waals surface area (Å²) in [4.78, 5) is 25.6. The van der Waals surface area contributed by atoms with Gasteiger partial charge in [0.1, 0.15) is 5.76 Å². The lowest BCUT2D eigenvalue weighted by atomic mass is 10.0. The summed E-state index contributed by atoms with van der Waals surface area (Å²) in [5.74, 6) is 0.460. The molecule has 0 fully saturated rings. The molecule has 0 N–H and O–H groups in total. The van der Waals surface area contributed by atoms with Crippen molar-refractivity contribution in [1.82, 2.24) is 0 Å². The van der Waals surface area contributed by atoms with Gasteiger partial charge in [-0.3, -0.25) is 4.79 Å². The Morgan fingerprint density at radius 2 is 1.63 bits per heavy atom. The van der Waals surface area contributed by atoms with Crippen LogP contribution < -0.4 is 5.63 Å². The molecule has 1 heterocycles.